The number of anilines is 1. The lowest BCUT2D eigenvalue weighted by molar-refractivity contribution is 0.442. The molecule has 0 fully saturated rings. The molecule has 23 heavy (non-hydrogen) atoms. The van der Waals surface area contributed by atoms with Crippen LogP contribution in [0.4, 0.5) is 5.69 Å². The van der Waals surface area contributed by atoms with Crippen LogP contribution in [0, 0.1) is 0 Å². The first-order valence-corrected chi connectivity index (χ1v) is 8.25. The molecule has 3 rings (SSSR count). The fourth-order valence-electron chi connectivity index (χ4n) is 1.88. The van der Waals surface area contributed by atoms with Crippen molar-refractivity contribution < 1.29 is 13.2 Å². The third kappa shape index (κ3) is 3.83. The van der Waals surface area contributed by atoms with Crippen LogP contribution in [0.15, 0.2) is 78.0 Å². The summed E-state index contributed by atoms with van der Waals surface area (Å²) in [6.07, 6.45) is 3.12. The van der Waals surface area contributed by atoms with Crippen LogP contribution in [0.1, 0.15) is 0 Å². The van der Waals surface area contributed by atoms with E-state index in [1.165, 1.54) is 12.1 Å². The first-order valence-electron chi connectivity index (χ1n) is 6.76. The number of aromatic nitrogens is 2. The van der Waals surface area contributed by atoms with Crippen molar-refractivity contribution in [3.05, 3.63) is 73.1 Å². The van der Waals surface area contributed by atoms with Gasteiger partial charge in [-0.2, -0.15) is 0 Å². The molecule has 0 aliphatic heterocycles. The summed E-state index contributed by atoms with van der Waals surface area (Å²) in [4.78, 5) is 8.10. The molecule has 0 saturated heterocycles. The zero-order chi connectivity index (χ0) is 16.1. The van der Waals surface area contributed by atoms with Crippen LogP contribution in [0.5, 0.6) is 11.8 Å². The third-order valence-corrected chi connectivity index (χ3v) is 4.29. The lowest BCUT2D eigenvalue weighted by atomic mass is 10.3. The lowest BCUT2D eigenvalue weighted by Gasteiger charge is -2.09. The van der Waals surface area contributed by atoms with Crippen LogP contribution in [0.25, 0.3) is 0 Å². The second-order valence-electron chi connectivity index (χ2n) is 4.58. The Morgan fingerprint density at radius 2 is 1.61 bits per heavy atom. The van der Waals surface area contributed by atoms with E-state index in [4.69, 9.17) is 4.74 Å². The summed E-state index contributed by atoms with van der Waals surface area (Å²) in [7, 11) is -3.64. The molecular formula is C16H13N3O3S. The number of rotatable bonds is 5. The molecule has 0 bridgehead atoms. The summed E-state index contributed by atoms with van der Waals surface area (Å²) in [5.41, 5.74) is 0.391. The molecule has 0 amide bonds. The molecule has 2 aromatic carbocycles. The summed E-state index contributed by atoms with van der Waals surface area (Å²) >= 11 is 0. The van der Waals surface area contributed by atoms with Crippen molar-refractivity contribution in [1.29, 1.82) is 0 Å². The van der Waals surface area contributed by atoms with Crippen molar-refractivity contribution in [3.63, 3.8) is 0 Å². The normalized spacial score (nSPS) is 11.0. The Labute approximate surface area is 133 Å². The predicted octanol–water partition coefficient (Wildman–Crippen LogP) is 3.07. The molecule has 0 saturated carbocycles. The minimum Gasteiger partial charge on any atom is -0.424 e. The Morgan fingerprint density at radius 1 is 0.870 bits per heavy atom. The van der Waals surface area contributed by atoms with Crippen LogP contribution in [0.3, 0.4) is 0 Å². The van der Waals surface area contributed by atoms with Crippen molar-refractivity contribution in [2.75, 3.05) is 4.72 Å². The van der Waals surface area contributed by atoms with Crippen LogP contribution in [0.2, 0.25) is 0 Å². The van der Waals surface area contributed by atoms with Crippen LogP contribution < -0.4 is 9.46 Å². The number of ether oxygens (including phenoxy) is 1. The van der Waals surface area contributed by atoms with Crippen molar-refractivity contribution in [3.8, 4) is 11.8 Å². The summed E-state index contributed by atoms with van der Waals surface area (Å²) < 4.78 is 32.6. The molecule has 3 aromatic rings. The zero-order valence-electron chi connectivity index (χ0n) is 12.0. The molecule has 0 aliphatic carbocycles. The Balaban J connectivity index is 1.80. The van der Waals surface area contributed by atoms with E-state index in [1.54, 1.807) is 60.9 Å². The van der Waals surface area contributed by atoms with E-state index in [1.807, 2.05) is 0 Å². The van der Waals surface area contributed by atoms with E-state index in [9.17, 15) is 8.42 Å². The Morgan fingerprint density at radius 3 is 2.35 bits per heavy atom. The van der Waals surface area contributed by atoms with Gasteiger partial charge in [0, 0.05) is 18.5 Å². The molecule has 116 valence electrons. The second kappa shape index (κ2) is 6.45. The molecule has 0 atom stereocenters. The van der Waals surface area contributed by atoms with Gasteiger partial charge in [0.25, 0.3) is 10.0 Å². The largest absolute Gasteiger partial charge is 0.424 e. The number of hydrogen-bond acceptors (Lipinski definition) is 5. The molecular weight excluding hydrogens is 314 g/mol. The van der Waals surface area contributed by atoms with Crippen LogP contribution >= 0.6 is 0 Å². The number of benzene rings is 2. The maximum absolute atomic E-state index is 12.3. The first-order chi connectivity index (χ1) is 11.1. The van der Waals surface area contributed by atoms with Crippen molar-refractivity contribution in [2.24, 2.45) is 0 Å². The SMILES string of the molecule is O=S(=O)(Nc1cccc(Oc2ncccn2)c1)c1ccccc1. The highest BCUT2D eigenvalue weighted by atomic mass is 32.2. The van der Waals surface area contributed by atoms with Gasteiger partial charge in [-0.15, -0.1) is 0 Å². The first kappa shape index (κ1) is 15.0. The molecule has 1 N–H and O–H groups in total. The van der Waals surface area contributed by atoms with E-state index >= 15 is 0 Å². The molecule has 1 heterocycles. The minimum atomic E-state index is -3.64. The summed E-state index contributed by atoms with van der Waals surface area (Å²) in [5.74, 6) is 0.435. The quantitative estimate of drug-likeness (QED) is 0.779. The van der Waals surface area contributed by atoms with Gasteiger partial charge < -0.3 is 4.74 Å². The third-order valence-electron chi connectivity index (χ3n) is 2.89. The minimum absolute atomic E-state index is 0.190. The van der Waals surface area contributed by atoms with E-state index in [2.05, 4.69) is 14.7 Å². The van der Waals surface area contributed by atoms with Gasteiger partial charge in [0.1, 0.15) is 5.75 Å². The van der Waals surface area contributed by atoms with Crippen LogP contribution in [-0.4, -0.2) is 18.4 Å². The summed E-state index contributed by atoms with van der Waals surface area (Å²) in [6.45, 7) is 0. The van der Waals surface area contributed by atoms with Crippen molar-refractivity contribution >= 4 is 15.7 Å². The maximum Gasteiger partial charge on any atom is 0.321 e. The Hall–Kier alpha value is -2.93. The highest BCUT2D eigenvalue weighted by Gasteiger charge is 2.13. The lowest BCUT2D eigenvalue weighted by Crippen LogP contribution is -2.12. The molecule has 0 unspecified atom stereocenters. The molecule has 0 spiro atoms. The zero-order valence-corrected chi connectivity index (χ0v) is 12.8. The highest BCUT2D eigenvalue weighted by Crippen LogP contribution is 2.23. The molecule has 1 aromatic heterocycles. The van der Waals surface area contributed by atoms with Gasteiger partial charge in [0.2, 0.25) is 0 Å². The van der Waals surface area contributed by atoms with E-state index in [0.29, 0.717) is 11.4 Å². The number of nitrogens with one attached hydrogen (secondary N) is 1. The standard InChI is InChI=1S/C16H13N3O3S/c20-23(21,15-8-2-1-3-9-15)19-13-6-4-7-14(12-13)22-16-17-10-5-11-18-16/h1-12,19H. The molecule has 0 aliphatic rings. The van der Waals surface area contributed by atoms with E-state index in [0.717, 1.165) is 0 Å². The fourth-order valence-corrected chi connectivity index (χ4v) is 2.95. The van der Waals surface area contributed by atoms with Crippen molar-refractivity contribution in [1.82, 2.24) is 9.97 Å². The predicted molar refractivity (Wildman–Crippen MR) is 85.8 cm³/mol. The van der Waals surface area contributed by atoms with E-state index < -0.39 is 10.0 Å². The summed E-state index contributed by atoms with van der Waals surface area (Å²) in [5, 5.41) is 0. The highest BCUT2D eigenvalue weighted by molar-refractivity contribution is 7.92. The van der Waals surface area contributed by atoms with Gasteiger partial charge in [0.15, 0.2) is 0 Å². The average molecular weight is 327 g/mol. The fraction of sp³-hybridized carbons (Fsp3) is 0. The van der Waals surface area contributed by atoms with Gasteiger partial charge in [0.05, 0.1) is 10.6 Å². The number of nitrogens with zero attached hydrogens (tertiary/aromatic N) is 2. The monoisotopic (exact) mass is 327 g/mol. The smallest absolute Gasteiger partial charge is 0.321 e. The average Bonchev–Trinajstić information content (AvgIpc) is 2.56. The number of sulfonamides is 1. The molecule has 0 radical (unpaired) electrons. The summed E-state index contributed by atoms with van der Waals surface area (Å²) in [6, 6.07) is 16.6. The van der Waals surface area contributed by atoms with Crippen molar-refractivity contribution in [2.45, 2.75) is 4.90 Å². The van der Waals surface area contributed by atoms with Gasteiger partial charge in [-0.25, -0.2) is 18.4 Å². The number of hydrogen-bond donors (Lipinski definition) is 1. The Kier molecular flexibility index (Phi) is 4.20. The molecule has 7 heteroatoms. The van der Waals surface area contributed by atoms with Gasteiger partial charge in [-0.3, -0.25) is 4.72 Å². The van der Waals surface area contributed by atoms with Crippen LogP contribution in [-0.2, 0) is 10.0 Å². The second-order valence-corrected chi connectivity index (χ2v) is 6.26. The van der Waals surface area contributed by atoms with Gasteiger partial charge >= 0.3 is 6.01 Å². The molecule has 6 nitrogen and oxygen atoms in total. The Bertz CT molecular complexity index is 885. The maximum atomic E-state index is 12.3. The van der Waals surface area contributed by atoms with E-state index in [-0.39, 0.29) is 10.9 Å². The van der Waals surface area contributed by atoms with Gasteiger partial charge in [-0.05, 0) is 30.3 Å². The van der Waals surface area contributed by atoms with Gasteiger partial charge in [-0.1, -0.05) is 24.3 Å². The topological polar surface area (TPSA) is 81.2 Å².